The lowest BCUT2D eigenvalue weighted by atomic mass is 9.85. The maximum absolute atomic E-state index is 11.0. The van der Waals surface area contributed by atoms with Crippen LogP contribution >= 0.6 is 0 Å². The smallest absolute Gasteiger partial charge is 0.247 e. The fourth-order valence-corrected chi connectivity index (χ4v) is 1.44. The monoisotopic (exact) mass is 155 g/mol. The highest BCUT2D eigenvalue weighted by Crippen LogP contribution is 2.23. The normalized spacial score (nSPS) is 30.0. The van der Waals surface area contributed by atoms with Crippen LogP contribution in [0.15, 0.2) is 12.2 Å². The molecule has 1 amide bonds. The summed E-state index contributed by atoms with van der Waals surface area (Å²) in [5.41, 5.74) is 1.69. The Kier molecular flexibility index (Phi) is 2.65. The fraction of sp³-hybridized carbons (Fsp3) is 0.625. The molecule has 0 spiro atoms. The number of allylic oxidation sites excluding steroid dienone is 2. The first-order valence-corrected chi connectivity index (χ1v) is 3.86. The second kappa shape index (κ2) is 3.53. The van der Waals surface area contributed by atoms with Crippen LogP contribution in [-0.4, -0.2) is 11.1 Å². The van der Waals surface area contributed by atoms with Gasteiger partial charge in [0.05, 0.1) is 0 Å². The summed E-state index contributed by atoms with van der Waals surface area (Å²) in [6, 6.07) is 0. The third-order valence-electron chi connectivity index (χ3n) is 2.17. The second-order valence-corrected chi connectivity index (χ2v) is 2.95. The Bertz CT molecular complexity index is 177. The molecule has 1 rings (SSSR count). The zero-order valence-electron chi connectivity index (χ0n) is 6.58. The van der Waals surface area contributed by atoms with Crippen molar-refractivity contribution in [1.29, 1.82) is 0 Å². The van der Waals surface area contributed by atoms with Gasteiger partial charge in [0, 0.05) is 5.92 Å². The summed E-state index contributed by atoms with van der Waals surface area (Å²) in [5, 5.41) is 8.38. The minimum absolute atomic E-state index is 0.0509. The Hall–Kier alpha value is -0.830. The van der Waals surface area contributed by atoms with Crippen molar-refractivity contribution in [2.24, 2.45) is 11.8 Å². The predicted octanol–water partition coefficient (Wildman–Crippen LogP) is 1.09. The number of rotatable bonds is 1. The van der Waals surface area contributed by atoms with E-state index in [4.69, 9.17) is 5.21 Å². The molecule has 3 nitrogen and oxygen atoms in total. The number of carbonyl (C=O) groups is 1. The van der Waals surface area contributed by atoms with Gasteiger partial charge in [-0.2, -0.15) is 0 Å². The molecule has 0 aliphatic heterocycles. The molecular formula is C8H13NO2. The van der Waals surface area contributed by atoms with Crippen LogP contribution in [0.3, 0.4) is 0 Å². The Labute approximate surface area is 66.1 Å². The molecule has 1 aliphatic rings. The Morgan fingerprint density at radius 2 is 2.45 bits per heavy atom. The summed E-state index contributed by atoms with van der Waals surface area (Å²) in [6.45, 7) is 1.98. The molecule has 2 unspecified atom stereocenters. The molecule has 2 atom stereocenters. The van der Waals surface area contributed by atoms with Crippen LogP contribution in [0.2, 0.25) is 0 Å². The van der Waals surface area contributed by atoms with Crippen molar-refractivity contribution < 1.29 is 10.0 Å². The van der Waals surface area contributed by atoms with Gasteiger partial charge < -0.3 is 0 Å². The average Bonchev–Trinajstić information content (AvgIpc) is 2.04. The van der Waals surface area contributed by atoms with Crippen molar-refractivity contribution in [3.8, 4) is 0 Å². The maximum Gasteiger partial charge on any atom is 0.247 e. The number of hydroxylamine groups is 1. The molecule has 0 saturated carbocycles. The summed E-state index contributed by atoms with van der Waals surface area (Å²) < 4.78 is 0. The molecule has 0 aromatic carbocycles. The molecule has 1 aliphatic carbocycles. The Morgan fingerprint density at radius 3 is 3.00 bits per heavy atom. The molecule has 62 valence electrons. The van der Waals surface area contributed by atoms with Crippen LogP contribution in [0.5, 0.6) is 0 Å². The van der Waals surface area contributed by atoms with Crippen LogP contribution in [-0.2, 0) is 4.79 Å². The quantitative estimate of drug-likeness (QED) is 0.338. The number of hydrogen-bond donors (Lipinski definition) is 2. The highest BCUT2D eigenvalue weighted by Gasteiger charge is 2.24. The van der Waals surface area contributed by atoms with Gasteiger partial charge in [0.25, 0.3) is 0 Å². The zero-order valence-corrected chi connectivity index (χ0v) is 6.58. The summed E-state index contributed by atoms with van der Waals surface area (Å²) in [5.74, 6) is -0.0669. The van der Waals surface area contributed by atoms with Crippen LogP contribution in [0.1, 0.15) is 19.8 Å². The Morgan fingerprint density at radius 1 is 1.73 bits per heavy atom. The van der Waals surface area contributed by atoms with Crippen LogP contribution in [0.25, 0.3) is 0 Å². The summed E-state index contributed by atoms with van der Waals surface area (Å²) in [6.07, 6.45) is 5.86. The first-order valence-electron chi connectivity index (χ1n) is 3.86. The highest BCUT2D eigenvalue weighted by molar-refractivity contribution is 5.78. The standard InChI is InChI=1S/C8H13NO2/c1-6-4-2-3-5-7(6)8(10)9-11/h2,4,6-7,11H,3,5H2,1H3,(H,9,10). The van der Waals surface area contributed by atoms with E-state index in [2.05, 4.69) is 6.08 Å². The van der Waals surface area contributed by atoms with Crippen LogP contribution in [0, 0.1) is 11.8 Å². The van der Waals surface area contributed by atoms with Crippen LogP contribution < -0.4 is 5.48 Å². The molecule has 0 aromatic heterocycles. The molecule has 0 bridgehead atoms. The SMILES string of the molecule is CC1C=CCCC1C(=O)NO. The summed E-state index contributed by atoms with van der Waals surface area (Å²) in [7, 11) is 0. The third kappa shape index (κ3) is 1.80. The van der Waals surface area contributed by atoms with E-state index in [1.165, 1.54) is 0 Å². The van der Waals surface area contributed by atoms with Gasteiger partial charge in [-0.1, -0.05) is 19.1 Å². The first kappa shape index (κ1) is 8.27. The molecule has 0 fully saturated rings. The van der Waals surface area contributed by atoms with E-state index >= 15 is 0 Å². The lowest BCUT2D eigenvalue weighted by molar-refractivity contribution is -0.134. The molecule has 2 N–H and O–H groups in total. The van der Waals surface area contributed by atoms with E-state index in [1.807, 2.05) is 13.0 Å². The van der Waals surface area contributed by atoms with Crippen molar-refractivity contribution in [2.75, 3.05) is 0 Å². The van der Waals surface area contributed by atoms with Gasteiger partial charge in [0.15, 0.2) is 0 Å². The lowest BCUT2D eigenvalue weighted by Crippen LogP contribution is -2.32. The molecule has 0 saturated heterocycles. The van der Waals surface area contributed by atoms with Gasteiger partial charge in [-0.05, 0) is 18.8 Å². The minimum Gasteiger partial charge on any atom is -0.289 e. The first-order chi connectivity index (χ1) is 5.25. The van der Waals surface area contributed by atoms with Crippen molar-refractivity contribution in [1.82, 2.24) is 5.48 Å². The zero-order chi connectivity index (χ0) is 8.27. The predicted molar refractivity (Wildman–Crippen MR) is 41.0 cm³/mol. The van der Waals surface area contributed by atoms with E-state index < -0.39 is 0 Å². The van der Waals surface area contributed by atoms with Crippen molar-refractivity contribution in [3.05, 3.63) is 12.2 Å². The van der Waals surface area contributed by atoms with Crippen molar-refractivity contribution in [2.45, 2.75) is 19.8 Å². The molecule has 0 radical (unpaired) electrons. The van der Waals surface area contributed by atoms with E-state index in [0.717, 1.165) is 12.8 Å². The average molecular weight is 155 g/mol. The van der Waals surface area contributed by atoms with Gasteiger partial charge in [-0.25, -0.2) is 5.48 Å². The van der Waals surface area contributed by atoms with Gasteiger partial charge in [-0.15, -0.1) is 0 Å². The van der Waals surface area contributed by atoms with E-state index in [1.54, 1.807) is 5.48 Å². The van der Waals surface area contributed by atoms with E-state index in [0.29, 0.717) is 0 Å². The highest BCUT2D eigenvalue weighted by atomic mass is 16.5. The van der Waals surface area contributed by atoms with Crippen molar-refractivity contribution in [3.63, 3.8) is 0 Å². The maximum atomic E-state index is 11.0. The molecule has 0 heterocycles. The number of hydrogen-bond acceptors (Lipinski definition) is 2. The summed E-state index contributed by atoms with van der Waals surface area (Å²) in [4.78, 5) is 11.0. The summed E-state index contributed by atoms with van der Waals surface area (Å²) >= 11 is 0. The topological polar surface area (TPSA) is 49.3 Å². The molecule has 3 heteroatoms. The largest absolute Gasteiger partial charge is 0.289 e. The van der Waals surface area contributed by atoms with Gasteiger partial charge in [0.2, 0.25) is 5.91 Å². The van der Waals surface area contributed by atoms with Gasteiger partial charge in [0.1, 0.15) is 0 Å². The number of carbonyl (C=O) groups excluding carboxylic acids is 1. The number of nitrogens with one attached hydrogen (secondary N) is 1. The minimum atomic E-state index is -0.262. The second-order valence-electron chi connectivity index (χ2n) is 2.95. The lowest BCUT2D eigenvalue weighted by Gasteiger charge is -2.21. The number of amides is 1. The Balaban J connectivity index is 2.57. The van der Waals surface area contributed by atoms with Gasteiger partial charge in [-0.3, -0.25) is 10.0 Å². The van der Waals surface area contributed by atoms with Gasteiger partial charge >= 0.3 is 0 Å². The van der Waals surface area contributed by atoms with Crippen LogP contribution in [0.4, 0.5) is 0 Å². The fourth-order valence-electron chi connectivity index (χ4n) is 1.44. The molecule has 0 aromatic rings. The van der Waals surface area contributed by atoms with Crippen molar-refractivity contribution >= 4 is 5.91 Å². The van der Waals surface area contributed by atoms with E-state index in [-0.39, 0.29) is 17.7 Å². The third-order valence-corrected chi connectivity index (χ3v) is 2.17. The van der Waals surface area contributed by atoms with E-state index in [9.17, 15) is 4.79 Å². The molecular weight excluding hydrogens is 142 g/mol. The molecule has 11 heavy (non-hydrogen) atoms.